The maximum atomic E-state index is 10.6. The van der Waals surface area contributed by atoms with Gasteiger partial charge in [0.15, 0.2) is 0 Å². The first-order valence-electron chi connectivity index (χ1n) is 10.9. The van der Waals surface area contributed by atoms with Gasteiger partial charge in [-0.15, -0.1) is 10.2 Å². The highest BCUT2D eigenvalue weighted by Gasteiger charge is 2.30. The highest BCUT2D eigenvalue weighted by Crippen LogP contribution is 2.40. The van der Waals surface area contributed by atoms with Crippen LogP contribution < -0.4 is 5.32 Å². The molecule has 1 aliphatic carbocycles. The first-order valence-corrected chi connectivity index (χ1v) is 10.9. The number of aryl methyl sites for hydroxylation is 1. The van der Waals surface area contributed by atoms with E-state index in [1.165, 1.54) is 31.2 Å². The molecule has 1 saturated carbocycles. The number of hydrogen-bond donors (Lipinski definition) is 2. The molecule has 2 saturated heterocycles. The van der Waals surface area contributed by atoms with Gasteiger partial charge in [-0.3, -0.25) is 4.90 Å². The number of phenolic OH excluding ortho intramolecular Hbond substituents is 1. The van der Waals surface area contributed by atoms with Crippen LogP contribution in [0, 0.1) is 6.92 Å². The van der Waals surface area contributed by atoms with Crippen LogP contribution in [0.3, 0.4) is 0 Å². The number of piperidine rings is 1. The Morgan fingerprint density at radius 1 is 1.10 bits per heavy atom. The number of rotatable bonds is 5. The van der Waals surface area contributed by atoms with Crippen LogP contribution in [0.25, 0.3) is 11.3 Å². The molecular weight excluding hydrogens is 364 g/mol. The standard InChI is InChI=1S/C23H30N4O2/c1-15-10-22(24-18-6-3-9-27(12-18)19-13-29-14-19)25-26-23(15)20-8-7-17(11-21(20)28)16-4-2-5-16/h7-8,10-11,16,18-19,28H,2-6,9,12-14H2,1H3,(H,24,25)/t18-/m0/s1. The third-order valence-electron chi connectivity index (χ3n) is 6.78. The van der Waals surface area contributed by atoms with E-state index in [0.29, 0.717) is 23.8 Å². The average Bonchev–Trinajstić information content (AvgIpc) is 2.60. The van der Waals surface area contributed by atoms with Crippen LogP contribution in [-0.4, -0.2) is 58.6 Å². The predicted molar refractivity (Wildman–Crippen MR) is 113 cm³/mol. The first-order chi connectivity index (χ1) is 14.2. The van der Waals surface area contributed by atoms with Gasteiger partial charge in [-0.05, 0) is 74.4 Å². The monoisotopic (exact) mass is 394 g/mol. The molecule has 6 nitrogen and oxygen atoms in total. The fourth-order valence-corrected chi connectivity index (χ4v) is 4.67. The molecule has 3 heterocycles. The molecule has 154 valence electrons. The van der Waals surface area contributed by atoms with E-state index in [9.17, 15) is 5.11 Å². The van der Waals surface area contributed by atoms with E-state index in [4.69, 9.17) is 4.74 Å². The van der Waals surface area contributed by atoms with Crippen molar-refractivity contribution in [1.82, 2.24) is 15.1 Å². The molecule has 0 radical (unpaired) electrons. The summed E-state index contributed by atoms with van der Waals surface area (Å²) in [6, 6.07) is 9.06. The summed E-state index contributed by atoms with van der Waals surface area (Å²) >= 11 is 0. The highest BCUT2D eigenvalue weighted by molar-refractivity contribution is 5.70. The molecule has 0 spiro atoms. The number of benzene rings is 1. The van der Waals surface area contributed by atoms with E-state index in [2.05, 4.69) is 26.5 Å². The van der Waals surface area contributed by atoms with Gasteiger partial charge in [-0.25, -0.2) is 0 Å². The summed E-state index contributed by atoms with van der Waals surface area (Å²) in [6.45, 7) is 5.95. The van der Waals surface area contributed by atoms with Gasteiger partial charge < -0.3 is 15.2 Å². The van der Waals surface area contributed by atoms with E-state index >= 15 is 0 Å². The number of aromatic hydroxyl groups is 1. The molecule has 3 fully saturated rings. The van der Waals surface area contributed by atoms with Gasteiger partial charge in [-0.1, -0.05) is 12.5 Å². The number of nitrogens with zero attached hydrogens (tertiary/aromatic N) is 3. The predicted octanol–water partition coefficient (Wildman–Crippen LogP) is 3.70. The number of nitrogens with one attached hydrogen (secondary N) is 1. The van der Waals surface area contributed by atoms with Crippen molar-refractivity contribution < 1.29 is 9.84 Å². The molecule has 2 aromatic rings. The van der Waals surface area contributed by atoms with Crippen molar-refractivity contribution in [2.45, 2.75) is 57.0 Å². The number of aromatic nitrogens is 2. The molecule has 1 aromatic heterocycles. The largest absolute Gasteiger partial charge is 0.507 e. The van der Waals surface area contributed by atoms with Crippen molar-refractivity contribution in [3.63, 3.8) is 0 Å². The number of hydrogen-bond acceptors (Lipinski definition) is 6. The van der Waals surface area contributed by atoms with Crippen LogP contribution in [0.2, 0.25) is 0 Å². The fourth-order valence-electron chi connectivity index (χ4n) is 4.67. The summed E-state index contributed by atoms with van der Waals surface area (Å²) in [5.41, 5.74) is 3.78. The topological polar surface area (TPSA) is 70.5 Å². The Balaban J connectivity index is 1.29. The summed E-state index contributed by atoms with van der Waals surface area (Å²) in [6.07, 6.45) is 6.09. The van der Waals surface area contributed by atoms with Crippen molar-refractivity contribution in [3.8, 4) is 17.0 Å². The Hall–Kier alpha value is -2.18. The van der Waals surface area contributed by atoms with E-state index in [-0.39, 0.29) is 0 Å². The van der Waals surface area contributed by atoms with Crippen LogP contribution in [0.15, 0.2) is 24.3 Å². The zero-order chi connectivity index (χ0) is 19.8. The van der Waals surface area contributed by atoms with Gasteiger partial charge in [-0.2, -0.15) is 0 Å². The second-order valence-corrected chi connectivity index (χ2v) is 8.84. The second kappa shape index (κ2) is 7.92. The number of likely N-dealkylation sites (tertiary alicyclic amines) is 1. The van der Waals surface area contributed by atoms with E-state index in [0.717, 1.165) is 55.4 Å². The Morgan fingerprint density at radius 3 is 2.62 bits per heavy atom. The fraction of sp³-hybridized carbons (Fsp3) is 0.565. The van der Waals surface area contributed by atoms with Crippen LogP contribution in [-0.2, 0) is 4.74 Å². The van der Waals surface area contributed by atoms with Gasteiger partial charge in [0.05, 0.1) is 24.9 Å². The molecule has 0 amide bonds. The molecule has 6 heteroatoms. The smallest absolute Gasteiger partial charge is 0.149 e. The van der Waals surface area contributed by atoms with Gasteiger partial charge in [0, 0.05) is 18.2 Å². The summed E-state index contributed by atoms with van der Waals surface area (Å²) in [4.78, 5) is 2.53. The molecule has 2 aliphatic heterocycles. The summed E-state index contributed by atoms with van der Waals surface area (Å²) < 4.78 is 5.35. The Bertz CT molecular complexity index is 879. The maximum Gasteiger partial charge on any atom is 0.149 e. The van der Waals surface area contributed by atoms with Gasteiger partial charge >= 0.3 is 0 Å². The Morgan fingerprint density at radius 2 is 1.97 bits per heavy atom. The molecular formula is C23H30N4O2. The van der Waals surface area contributed by atoms with E-state index in [1.54, 1.807) is 0 Å². The minimum Gasteiger partial charge on any atom is -0.507 e. The van der Waals surface area contributed by atoms with Crippen molar-refractivity contribution in [2.24, 2.45) is 0 Å². The van der Waals surface area contributed by atoms with Crippen molar-refractivity contribution in [3.05, 3.63) is 35.4 Å². The lowest BCUT2D eigenvalue weighted by Crippen LogP contribution is -2.54. The molecule has 2 N–H and O–H groups in total. The van der Waals surface area contributed by atoms with Crippen molar-refractivity contribution in [1.29, 1.82) is 0 Å². The maximum absolute atomic E-state index is 10.6. The SMILES string of the molecule is Cc1cc(N[C@H]2CCCN(C3COC3)C2)nnc1-c1ccc(C2CCC2)cc1O. The lowest BCUT2D eigenvalue weighted by Gasteiger charge is -2.42. The third kappa shape index (κ3) is 3.83. The van der Waals surface area contributed by atoms with Gasteiger partial charge in [0.2, 0.25) is 0 Å². The first kappa shape index (κ1) is 18.8. The summed E-state index contributed by atoms with van der Waals surface area (Å²) in [5, 5.41) is 23.0. The number of ether oxygens (including phenoxy) is 1. The molecule has 1 aromatic carbocycles. The Kier molecular flexibility index (Phi) is 5.14. The highest BCUT2D eigenvalue weighted by atomic mass is 16.5. The van der Waals surface area contributed by atoms with Crippen LogP contribution in [0.5, 0.6) is 5.75 Å². The van der Waals surface area contributed by atoms with Gasteiger partial charge in [0.25, 0.3) is 0 Å². The molecule has 29 heavy (non-hydrogen) atoms. The minimum atomic E-state index is 0.304. The lowest BCUT2D eigenvalue weighted by molar-refractivity contribution is -0.0710. The summed E-state index contributed by atoms with van der Waals surface area (Å²) in [7, 11) is 0. The molecule has 0 unspecified atom stereocenters. The average molecular weight is 395 g/mol. The lowest BCUT2D eigenvalue weighted by atomic mass is 9.79. The third-order valence-corrected chi connectivity index (χ3v) is 6.78. The quantitative estimate of drug-likeness (QED) is 0.806. The molecule has 1 atom stereocenters. The van der Waals surface area contributed by atoms with Crippen molar-refractivity contribution in [2.75, 3.05) is 31.6 Å². The summed E-state index contributed by atoms with van der Waals surface area (Å²) in [5.74, 6) is 1.72. The number of phenols is 1. The molecule has 0 bridgehead atoms. The zero-order valence-corrected chi connectivity index (χ0v) is 17.1. The van der Waals surface area contributed by atoms with Gasteiger partial charge in [0.1, 0.15) is 11.6 Å². The second-order valence-electron chi connectivity index (χ2n) is 8.84. The molecule has 3 aliphatic rings. The number of anilines is 1. The van der Waals surface area contributed by atoms with Crippen LogP contribution >= 0.6 is 0 Å². The van der Waals surface area contributed by atoms with Crippen molar-refractivity contribution >= 4 is 5.82 Å². The van der Waals surface area contributed by atoms with E-state index < -0.39 is 0 Å². The van der Waals surface area contributed by atoms with E-state index in [1.807, 2.05) is 25.1 Å². The zero-order valence-electron chi connectivity index (χ0n) is 17.1. The molecule has 5 rings (SSSR count). The Labute approximate surface area is 172 Å². The van der Waals surface area contributed by atoms with Crippen LogP contribution in [0.4, 0.5) is 5.82 Å². The minimum absolute atomic E-state index is 0.304. The normalized spacial score (nSPS) is 23.4. The van der Waals surface area contributed by atoms with Crippen LogP contribution in [0.1, 0.15) is 49.1 Å².